The lowest BCUT2D eigenvalue weighted by Crippen LogP contribution is -2.24. The highest BCUT2D eigenvalue weighted by Gasteiger charge is 2.11. The molecule has 3 aromatic rings. The molecule has 7 heteroatoms. The Morgan fingerprint density at radius 3 is 2.85 bits per heavy atom. The Hall–Kier alpha value is -2.44. The normalized spacial score (nSPS) is 11.2. The number of fused-ring (bicyclic) bond motifs is 1. The molecule has 0 radical (unpaired) electrons. The number of aryl methyl sites for hydroxylation is 2. The summed E-state index contributed by atoms with van der Waals surface area (Å²) in [4.78, 5) is 17.8. The molecule has 0 atom stereocenters. The summed E-state index contributed by atoms with van der Waals surface area (Å²) < 4.78 is 2.01. The van der Waals surface area contributed by atoms with Crippen LogP contribution in [0.3, 0.4) is 0 Å². The van der Waals surface area contributed by atoms with Gasteiger partial charge in [0.2, 0.25) is 0 Å². The smallest absolute Gasteiger partial charge is 0.182 e. The predicted octanol–water partition coefficient (Wildman–Crippen LogP) is 1.30. The fraction of sp³-hybridized carbons (Fsp3) is 0.385. The first-order valence-corrected chi connectivity index (χ1v) is 6.51. The maximum absolute atomic E-state index is 4.47. The number of aromatic amines is 1. The quantitative estimate of drug-likeness (QED) is 0.774. The van der Waals surface area contributed by atoms with Crippen molar-refractivity contribution in [3.8, 4) is 0 Å². The van der Waals surface area contributed by atoms with Crippen LogP contribution >= 0.6 is 0 Å². The molecule has 20 heavy (non-hydrogen) atoms. The molecule has 3 rings (SSSR count). The average molecular weight is 271 g/mol. The van der Waals surface area contributed by atoms with E-state index < -0.39 is 0 Å². The summed E-state index contributed by atoms with van der Waals surface area (Å²) >= 11 is 0. The molecule has 0 amide bonds. The fourth-order valence-corrected chi connectivity index (χ4v) is 2.29. The van der Waals surface area contributed by atoms with E-state index in [9.17, 15) is 0 Å². The lowest BCUT2D eigenvalue weighted by atomic mass is 10.4. The summed E-state index contributed by atoms with van der Waals surface area (Å²) in [6.45, 7) is 5.70. The van der Waals surface area contributed by atoms with Gasteiger partial charge in [0.1, 0.15) is 11.8 Å². The second-order valence-corrected chi connectivity index (χ2v) is 4.87. The van der Waals surface area contributed by atoms with E-state index in [2.05, 4.69) is 42.9 Å². The Morgan fingerprint density at radius 1 is 1.25 bits per heavy atom. The Morgan fingerprint density at radius 2 is 2.10 bits per heavy atom. The van der Waals surface area contributed by atoms with Crippen LogP contribution in [0.2, 0.25) is 0 Å². The zero-order valence-corrected chi connectivity index (χ0v) is 11.8. The second-order valence-electron chi connectivity index (χ2n) is 4.87. The van der Waals surface area contributed by atoms with E-state index >= 15 is 0 Å². The molecule has 104 valence electrons. The number of likely N-dealkylation sites (N-methyl/N-ethyl adjacent to an activating group) is 1. The number of rotatable bonds is 4. The van der Waals surface area contributed by atoms with Crippen LogP contribution in [0.25, 0.3) is 11.2 Å². The topological polar surface area (TPSA) is 75.5 Å². The maximum Gasteiger partial charge on any atom is 0.182 e. The van der Waals surface area contributed by atoms with Crippen LogP contribution in [0.15, 0.2) is 18.7 Å². The zero-order valence-electron chi connectivity index (χ0n) is 11.8. The van der Waals surface area contributed by atoms with Crippen LogP contribution in [-0.4, -0.2) is 43.3 Å². The minimum Gasteiger partial charge on any atom is -0.356 e. The summed E-state index contributed by atoms with van der Waals surface area (Å²) in [7, 11) is 2.01. The van der Waals surface area contributed by atoms with Crippen LogP contribution in [0.5, 0.6) is 0 Å². The summed E-state index contributed by atoms with van der Waals surface area (Å²) in [5.41, 5.74) is 3.77. The molecular formula is C13H17N7. The number of imidazole rings is 1. The fourth-order valence-electron chi connectivity index (χ4n) is 2.29. The Kier molecular flexibility index (Phi) is 3.09. The van der Waals surface area contributed by atoms with E-state index in [4.69, 9.17) is 0 Å². The van der Waals surface area contributed by atoms with Crippen molar-refractivity contribution in [1.82, 2.24) is 29.7 Å². The van der Waals surface area contributed by atoms with Crippen LogP contribution in [-0.2, 0) is 6.54 Å². The molecule has 1 N–H and O–H groups in total. The lowest BCUT2D eigenvalue weighted by molar-refractivity contribution is 0.591. The van der Waals surface area contributed by atoms with Crippen molar-refractivity contribution in [2.45, 2.75) is 20.4 Å². The first-order chi connectivity index (χ1) is 9.65. The molecule has 3 aromatic heterocycles. The maximum atomic E-state index is 4.47. The van der Waals surface area contributed by atoms with Gasteiger partial charge < -0.3 is 9.88 Å². The third-order valence-corrected chi connectivity index (χ3v) is 3.32. The number of anilines is 1. The third kappa shape index (κ3) is 2.22. The van der Waals surface area contributed by atoms with E-state index in [1.165, 1.54) is 12.0 Å². The first kappa shape index (κ1) is 12.6. The summed E-state index contributed by atoms with van der Waals surface area (Å²) in [5, 5.41) is 4.47. The van der Waals surface area contributed by atoms with Gasteiger partial charge in [0.25, 0.3) is 0 Å². The Balaban J connectivity index is 1.78. The molecule has 0 spiro atoms. The molecule has 0 saturated heterocycles. The van der Waals surface area contributed by atoms with Crippen LogP contribution in [0, 0.1) is 13.8 Å². The van der Waals surface area contributed by atoms with E-state index in [1.807, 2.05) is 18.7 Å². The van der Waals surface area contributed by atoms with Gasteiger partial charge in [-0.15, -0.1) is 0 Å². The van der Waals surface area contributed by atoms with Crippen LogP contribution in [0.4, 0.5) is 5.82 Å². The predicted molar refractivity (Wildman–Crippen MR) is 76.7 cm³/mol. The third-order valence-electron chi connectivity index (χ3n) is 3.32. The molecule has 0 aliphatic heterocycles. The van der Waals surface area contributed by atoms with Gasteiger partial charge in [-0.1, -0.05) is 0 Å². The van der Waals surface area contributed by atoms with Crippen molar-refractivity contribution in [1.29, 1.82) is 0 Å². The van der Waals surface area contributed by atoms with Gasteiger partial charge in [-0.3, -0.25) is 4.68 Å². The number of aromatic nitrogens is 6. The molecule has 0 aliphatic carbocycles. The van der Waals surface area contributed by atoms with E-state index in [1.54, 1.807) is 6.33 Å². The summed E-state index contributed by atoms with van der Waals surface area (Å²) in [5.74, 6) is 0.856. The zero-order chi connectivity index (χ0) is 14.1. The average Bonchev–Trinajstić information content (AvgIpc) is 3.01. The highest BCUT2D eigenvalue weighted by molar-refractivity contribution is 5.82. The summed E-state index contributed by atoms with van der Waals surface area (Å²) in [6.07, 6.45) is 3.18. The molecule has 3 heterocycles. The van der Waals surface area contributed by atoms with E-state index in [0.29, 0.717) is 5.65 Å². The van der Waals surface area contributed by atoms with Gasteiger partial charge in [0.15, 0.2) is 11.5 Å². The molecule has 7 nitrogen and oxygen atoms in total. The lowest BCUT2D eigenvalue weighted by Gasteiger charge is -2.18. The van der Waals surface area contributed by atoms with Crippen molar-refractivity contribution in [2.75, 3.05) is 18.5 Å². The number of nitrogens with zero attached hydrogens (tertiary/aromatic N) is 6. The summed E-state index contributed by atoms with van der Waals surface area (Å²) in [6, 6.07) is 2.08. The van der Waals surface area contributed by atoms with Crippen molar-refractivity contribution >= 4 is 17.0 Å². The van der Waals surface area contributed by atoms with Gasteiger partial charge in [-0.25, -0.2) is 15.0 Å². The SMILES string of the molecule is Cc1cc(C)n(CCN(C)c2ncnc3nc[nH]c23)n1. The largest absolute Gasteiger partial charge is 0.356 e. The van der Waals surface area contributed by atoms with Crippen molar-refractivity contribution < 1.29 is 0 Å². The molecule has 0 aromatic carbocycles. The Labute approximate surface area is 116 Å². The Bertz CT molecular complexity index is 727. The van der Waals surface area contributed by atoms with Gasteiger partial charge >= 0.3 is 0 Å². The van der Waals surface area contributed by atoms with Crippen LogP contribution < -0.4 is 4.90 Å². The minimum atomic E-state index is 0.688. The number of hydrogen-bond donors (Lipinski definition) is 1. The van der Waals surface area contributed by atoms with Gasteiger partial charge in [0, 0.05) is 19.3 Å². The van der Waals surface area contributed by atoms with Gasteiger partial charge in [-0.05, 0) is 19.9 Å². The van der Waals surface area contributed by atoms with Gasteiger partial charge in [-0.2, -0.15) is 5.10 Å². The van der Waals surface area contributed by atoms with Crippen molar-refractivity contribution in [3.05, 3.63) is 30.1 Å². The van der Waals surface area contributed by atoms with Gasteiger partial charge in [0.05, 0.1) is 18.6 Å². The molecule has 0 bridgehead atoms. The van der Waals surface area contributed by atoms with E-state index in [0.717, 1.165) is 30.1 Å². The van der Waals surface area contributed by atoms with Crippen molar-refractivity contribution in [2.24, 2.45) is 0 Å². The molecule has 0 unspecified atom stereocenters. The monoisotopic (exact) mass is 271 g/mol. The minimum absolute atomic E-state index is 0.688. The molecular weight excluding hydrogens is 254 g/mol. The van der Waals surface area contributed by atoms with Crippen LogP contribution in [0.1, 0.15) is 11.4 Å². The highest BCUT2D eigenvalue weighted by Crippen LogP contribution is 2.18. The number of H-pyrrole nitrogens is 1. The highest BCUT2D eigenvalue weighted by atomic mass is 15.3. The molecule has 0 aliphatic rings. The number of hydrogen-bond acceptors (Lipinski definition) is 5. The second kappa shape index (κ2) is 4.92. The standard InChI is InChI=1S/C13H17N7/c1-9-6-10(2)20(18-9)5-4-19(3)13-11-12(15-7-14-11)16-8-17-13/h6-8H,4-5H2,1-3H3,(H,14,15,16,17). The first-order valence-electron chi connectivity index (χ1n) is 6.51. The molecule has 0 fully saturated rings. The van der Waals surface area contributed by atoms with Crippen molar-refractivity contribution in [3.63, 3.8) is 0 Å². The van der Waals surface area contributed by atoms with E-state index in [-0.39, 0.29) is 0 Å². The molecule has 0 saturated carbocycles. The number of nitrogens with one attached hydrogen (secondary N) is 1.